The van der Waals surface area contributed by atoms with Crippen LogP contribution in [-0.4, -0.2) is 18.6 Å². The van der Waals surface area contributed by atoms with Crippen LogP contribution >= 0.6 is 0 Å². The zero-order chi connectivity index (χ0) is 9.56. The van der Waals surface area contributed by atoms with E-state index in [-0.39, 0.29) is 11.9 Å². The zero-order valence-electron chi connectivity index (χ0n) is 8.02. The molecule has 70 valence electrons. The highest BCUT2D eigenvalue weighted by atomic mass is 16.5. The normalized spacial score (nSPS) is 9.67. The maximum absolute atomic E-state index is 11.0. The smallest absolute Gasteiger partial charge is 0.223 e. The summed E-state index contributed by atoms with van der Waals surface area (Å²) >= 11 is 0. The van der Waals surface area contributed by atoms with E-state index in [1.165, 1.54) is 0 Å². The molecule has 0 aliphatic carbocycles. The first-order chi connectivity index (χ1) is 5.52. The number of hydrogen-bond donors (Lipinski definition) is 1. The second-order valence-electron chi connectivity index (χ2n) is 3.02. The van der Waals surface area contributed by atoms with E-state index in [9.17, 15) is 4.79 Å². The lowest BCUT2D eigenvalue weighted by Crippen LogP contribution is -2.30. The van der Waals surface area contributed by atoms with Crippen LogP contribution in [0.5, 0.6) is 0 Å². The van der Waals surface area contributed by atoms with E-state index >= 15 is 0 Å². The van der Waals surface area contributed by atoms with Gasteiger partial charge in [0.2, 0.25) is 5.91 Å². The highest BCUT2D eigenvalue weighted by molar-refractivity contribution is 5.76. The van der Waals surface area contributed by atoms with E-state index < -0.39 is 0 Å². The summed E-state index contributed by atoms with van der Waals surface area (Å²) in [6.07, 6.45) is 0.394. The second kappa shape index (κ2) is 5.63. The molecule has 0 aliphatic heterocycles. The summed E-state index contributed by atoms with van der Waals surface area (Å²) < 4.78 is 5.04. The van der Waals surface area contributed by atoms with Gasteiger partial charge in [0.05, 0.1) is 18.8 Å². The summed E-state index contributed by atoms with van der Waals surface area (Å²) in [4.78, 5) is 11.0. The third-order valence-electron chi connectivity index (χ3n) is 1.13. The van der Waals surface area contributed by atoms with Gasteiger partial charge in [0, 0.05) is 6.04 Å². The largest absolute Gasteiger partial charge is 0.498 e. The molecular weight excluding hydrogens is 154 g/mol. The van der Waals surface area contributed by atoms with Crippen LogP contribution in [0, 0.1) is 0 Å². The van der Waals surface area contributed by atoms with Crippen molar-refractivity contribution < 1.29 is 9.53 Å². The van der Waals surface area contributed by atoms with Gasteiger partial charge in [-0.25, -0.2) is 0 Å². The molecule has 1 N–H and O–H groups in total. The number of nitrogens with one attached hydrogen (secondary N) is 1. The number of hydrogen-bond acceptors (Lipinski definition) is 2. The van der Waals surface area contributed by atoms with Crippen LogP contribution in [0.4, 0.5) is 0 Å². The van der Waals surface area contributed by atoms with Crippen molar-refractivity contribution in [1.82, 2.24) is 5.32 Å². The average molecular weight is 171 g/mol. The number of ether oxygens (including phenoxy) is 1. The molecule has 0 rings (SSSR count). The first-order valence-electron chi connectivity index (χ1n) is 4.10. The van der Waals surface area contributed by atoms with Gasteiger partial charge in [0.15, 0.2) is 0 Å². The summed E-state index contributed by atoms with van der Waals surface area (Å²) in [5.41, 5.74) is 0. The van der Waals surface area contributed by atoms with Crippen molar-refractivity contribution in [3.63, 3.8) is 0 Å². The van der Waals surface area contributed by atoms with E-state index in [4.69, 9.17) is 4.74 Å². The molecule has 0 aromatic carbocycles. The summed E-state index contributed by atoms with van der Waals surface area (Å²) in [5, 5.41) is 2.77. The van der Waals surface area contributed by atoms with Crippen LogP contribution in [0.25, 0.3) is 0 Å². The van der Waals surface area contributed by atoms with Gasteiger partial charge in [-0.3, -0.25) is 4.79 Å². The van der Waals surface area contributed by atoms with Gasteiger partial charge >= 0.3 is 0 Å². The number of allylic oxidation sites excluding steroid dienone is 1. The highest BCUT2D eigenvalue weighted by Gasteiger charge is 2.02. The minimum Gasteiger partial charge on any atom is -0.498 e. The van der Waals surface area contributed by atoms with Crippen LogP contribution in [0.15, 0.2) is 12.3 Å². The van der Waals surface area contributed by atoms with Gasteiger partial charge in [0.1, 0.15) is 0 Å². The Bertz CT molecular complexity index is 164. The predicted molar refractivity (Wildman–Crippen MR) is 48.7 cm³/mol. The zero-order valence-corrected chi connectivity index (χ0v) is 8.02. The lowest BCUT2D eigenvalue weighted by Gasteiger charge is -2.08. The Morgan fingerprint density at radius 1 is 1.58 bits per heavy atom. The van der Waals surface area contributed by atoms with Crippen LogP contribution in [0.2, 0.25) is 0 Å². The van der Waals surface area contributed by atoms with Crippen LogP contribution in [0.1, 0.15) is 27.2 Å². The van der Waals surface area contributed by atoms with Crippen molar-refractivity contribution >= 4 is 5.91 Å². The second-order valence-corrected chi connectivity index (χ2v) is 3.02. The Labute approximate surface area is 73.8 Å². The van der Waals surface area contributed by atoms with Gasteiger partial charge in [-0.15, -0.1) is 0 Å². The summed E-state index contributed by atoms with van der Waals surface area (Å²) in [7, 11) is 0. The molecule has 0 aromatic rings. The molecule has 0 bridgehead atoms. The van der Waals surface area contributed by atoms with Gasteiger partial charge in [0.25, 0.3) is 0 Å². The molecule has 12 heavy (non-hydrogen) atoms. The fourth-order valence-corrected chi connectivity index (χ4v) is 0.712. The Morgan fingerprint density at radius 2 is 2.17 bits per heavy atom. The first kappa shape index (κ1) is 11.0. The lowest BCUT2D eigenvalue weighted by atomic mass is 10.3. The van der Waals surface area contributed by atoms with E-state index in [2.05, 4.69) is 11.9 Å². The lowest BCUT2D eigenvalue weighted by molar-refractivity contribution is -0.122. The number of amides is 1. The molecule has 0 aliphatic rings. The number of rotatable bonds is 5. The number of carbonyl (C=O) groups excluding carboxylic acids is 1. The molecule has 0 aromatic heterocycles. The topological polar surface area (TPSA) is 38.3 Å². The molecule has 0 heterocycles. The van der Waals surface area contributed by atoms with Gasteiger partial charge in [-0.1, -0.05) is 6.58 Å². The Kier molecular flexibility index (Phi) is 5.17. The Balaban J connectivity index is 3.38. The maximum atomic E-state index is 11.0. The molecule has 3 nitrogen and oxygen atoms in total. The molecule has 0 spiro atoms. The van der Waals surface area contributed by atoms with E-state index in [1.54, 1.807) is 6.92 Å². The van der Waals surface area contributed by atoms with E-state index in [0.29, 0.717) is 18.8 Å². The van der Waals surface area contributed by atoms with Crippen LogP contribution in [0.3, 0.4) is 0 Å². The third kappa shape index (κ3) is 7.12. The predicted octanol–water partition coefficient (Wildman–Crippen LogP) is 1.45. The first-order valence-corrected chi connectivity index (χ1v) is 4.10. The van der Waals surface area contributed by atoms with Crippen molar-refractivity contribution in [1.29, 1.82) is 0 Å². The van der Waals surface area contributed by atoms with Crippen molar-refractivity contribution in [2.24, 2.45) is 0 Å². The molecule has 0 radical (unpaired) electrons. The van der Waals surface area contributed by atoms with Gasteiger partial charge < -0.3 is 10.1 Å². The standard InChI is InChI=1S/C9H17NO2/c1-7(2)10-9(11)5-6-12-8(3)4/h7H,3,5-6H2,1-2,4H3,(H,10,11). The molecule has 0 atom stereocenters. The molecular formula is C9H17NO2. The van der Waals surface area contributed by atoms with E-state index in [0.717, 1.165) is 0 Å². The Hall–Kier alpha value is -0.990. The molecule has 0 unspecified atom stereocenters. The van der Waals surface area contributed by atoms with E-state index in [1.807, 2.05) is 13.8 Å². The molecule has 0 saturated carbocycles. The monoisotopic (exact) mass is 171 g/mol. The fraction of sp³-hybridized carbons (Fsp3) is 0.667. The van der Waals surface area contributed by atoms with Crippen molar-refractivity contribution in [3.05, 3.63) is 12.3 Å². The minimum absolute atomic E-state index is 0.0197. The maximum Gasteiger partial charge on any atom is 0.223 e. The van der Waals surface area contributed by atoms with Gasteiger partial charge in [-0.05, 0) is 20.8 Å². The fourth-order valence-electron chi connectivity index (χ4n) is 0.712. The SMILES string of the molecule is C=C(C)OCCC(=O)NC(C)C. The summed E-state index contributed by atoms with van der Waals surface area (Å²) in [6.45, 7) is 9.59. The summed E-state index contributed by atoms with van der Waals surface area (Å²) in [6, 6.07) is 0.197. The van der Waals surface area contributed by atoms with Crippen molar-refractivity contribution in [3.8, 4) is 0 Å². The molecule has 3 heteroatoms. The van der Waals surface area contributed by atoms with Crippen LogP contribution < -0.4 is 5.32 Å². The minimum atomic E-state index is 0.0197. The van der Waals surface area contributed by atoms with Crippen molar-refractivity contribution in [2.45, 2.75) is 33.2 Å². The van der Waals surface area contributed by atoms with Crippen molar-refractivity contribution in [2.75, 3.05) is 6.61 Å². The highest BCUT2D eigenvalue weighted by Crippen LogP contribution is 1.92. The quantitative estimate of drug-likeness (QED) is 0.636. The third-order valence-corrected chi connectivity index (χ3v) is 1.13. The summed E-state index contributed by atoms with van der Waals surface area (Å²) in [5.74, 6) is 0.665. The molecule has 0 saturated heterocycles. The van der Waals surface area contributed by atoms with Crippen LogP contribution in [-0.2, 0) is 9.53 Å². The molecule has 1 amide bonds. The number of carbonyl (C=O) groups is 1. The average Bonchev–Trinajstić information content (AvgIpc) is 1.84. The molecule has 0 fully saturated rings. The Morgan fingerprint density at radius 3 is 2.58 bits per heavy atom. The van der Waals surface area contributed by atoms with Gasteiger partial charge in [-0.2, -0.15) is 0 Å².